The number of carbonyl (C=O) groups is 1. The van der Waals surface area contributed by atoms with Gasteiger partial charge < -0.3 is 10.6 Å². The lowest BCUT2D eigenvalue weighted by molar-refractivity contribution is -0.137. The van der Waals surface area contributed by atoms with Gasteiger partial charge in [-0.15, -0.1) is 0 Å². The topological polar surface area (TPSA) is 59.0 Å². The molecule has 26 heavy (non-hydrogen) atoms. The maximum absolute atomic E-state index is 12.5. The number of hydrogen-bond donors (Lipinski definition) is 2. The molecule has 0 spiro atoms. The fourth-order valence-corrected chi connectivity index (χ4v) is 2.90. The second kappa shape index (κ2) is 7.61. The van der Waals surface area contributed by atoms with E-state index in [-0.39, 0.29) is 5.69 Å². The fourth-order valence-electron chi connectivity index (χ4n) is 2.25. The molecule has 0 unspecified atom stereocenters. The third-order valence-corrected chi connectivity index (χ3v) is 4.24. The van der Waals surface area contributed by atoms with Crippen molar-refractivity contribution >= 4 is 23.1 Å². The number of anilines is 1. The van der Waals surface area contributed by atoms with E-state index in [0.29, 0.717) is 13.1 Å². The Morgan fingerprint density at radius 3 is 2.58 bits per heavy atom. The number of benzene rings is 1. The second-order valence-electron chi connectivity index (χ2n) is 5.43. The molecule has 2 heterocycles. The van der Waals surface area contributed by atoms with Crippen molar-refractivity contribution in [3.8, 4) is 11.3 Å². The summed E-state index contributed by atoms with van der Waals surface area (Å²) >= 11 is 1.59. The number of halogens is 3. The van der Waals surface area contributed by atoms with Crippen LogP contribution < -0.4 is 10.6 Å². The van der Waals surface area contributed by atoms with Gasteiger partial charge in [-0.2, -0.15) is 29.6 Å². The molecule has 136 valence electrons. The van der Waals surface area contributed by atoms with Crippen molar-refractivity contribution in [2.45, 2.75) is 12.7 Å². The Labute approximate surface area is 151 Å². The van der Waals surface area contributed by atoms with Gasteiger partial charge in [0.25, 0.3) is 0 Å². The summed E-state index contributed by atoms with van der Waals surface area (Å²) in [5.41, 5.74) is 1.43. The van der Waals surface area contributed by atoms with E-state index < -0.39 is 17.8 Å². The summed E-state index contributed by atoms with van der Waals surface area (Å²) in [6.45, 7) is 0.807. The Bertz CT molecular complexity index is 857. The second-order valence-corrected chi connectivity index (χ2v) is 6.21. The summed E-state index contributed by atoms with van der Waals surface area (Å²) in [6.07, 6.45) is -2.57. The Balaban J connectivity index is 1.46. The van der Waals surface area contributed by atoms with Crippen LogP contribution in [-0.2, 0) is 12.7 Å². The Morgan fingerprint density at radius 2 is 1.92 bits per heavy atom. The number of aromatic nitrogens is 2. The standard InChI is InChI=1S/C17H15F3N4OS/c18-17(19,20)13-1-3-14(4-2-13)22-16(25)21-7-9-24-8-5-15(23-24)12-6-10-26-11-12/h1-6,8,10-11H,7,9H2,(H2,21,22,25). The van der Waals surface area contributed by atoms with Crippen molar-refractivity contribution in [2.75, 3.05) is 11.9 Å². The van der Waals surface area contributed by atoms with E-state index in [1.54, 1.807) is 16.0 Å². The first-order valence-corrected chi connectivity index (χ1v) is 8.64. The Hall–Kier alpha value is -2.81. The van der Waals surface area contributed by atoms with Crippen LogP contribution in [0.1, 0.15) is 5.56 Å². The molecule has 0 saturated carbocycles. The molecule has 5 nitrogen and oxygen atoms in total. The number of amides is 2. The molecule has 0 aliphatic rings. The summed E-state index contributed by atoms with van der Waals surface area (Å²) in [4.78, 5) is 11.8. The van der Waals surface area contributed by atoms with Gasteiger partial charge >= 0.3 is 12.2 Å². The zero-order valence-electron chi connectivity index (χ0n) is 13.5. The summed E-state index contributed by atoms with van der Waals surface area (Å²) in [5.74, 6) is 0. The minimum Gasteiger partial charge on any atom is -0.336 e. The minimum atomic E-state index is -4.40. The molecule has 0 atom stereocenters. The van der Waals surface area contributed by atoms with Crippen LogP contribution >= 0.6 is 11.3 Å². The van der Waals surface area contributed by atoms with E-state index in [4.69, 9.17) is 0 Å². The summed E-state index contributed by atoms with van der Waals surface area (Å²) < 4.78 is 39.2. The quantitative estimate of drug-likeness (QED) is 0.687. The normalized spacial score (nSPS) is 11.3. The SMILES string of the molecule is O=C(NCCn1ccc(-c2ccsc2)n1)Nc1ccc(C(F)(F)F)cc1. The van der Waals surface area contributed by atoms with E-state index in [2.05, 4.69) is 15.7 Å². The molecule has 0 aliphatic heterocycles. The number of urea groups is 1. The van der Waals surface area contributed by atoms with Gasteiger partial charge in [-0.05, 0) is 41.8 Å². The van der Waals surface area contributed by atoms with Crippen molar-refractivity contribution in [3.05, 3.63) is 58.9 Å². The molecule has 1 aromatic carbocycles. The lowest BCUT2D eigenvalue weighted by Crippen LogP contribution is -2.31. The number of nitrogens with zero attached hydrogens (tertiary/aromatic N) is 2. The van der Waals surface area contributed by atoms with E-state index in [0.717, 1.165) is 23.4 Å². The smallest absolute Gasteiger partial charge is 0.336 e. The maximum Gasteiger partial charge on any atom is 0.416 e. The average Bonchev–Trinajstić information content (AvgIpc) is 3.26. The Kier molecular flexibility index (Phi) is 5.27. The number of carbonyl (C=O) groups excluding carboxylic acids is 1. The molecule has 2 N–H and O–H groups in total. The molecule has 2 amide bonds. The van der Waals surface area contributed by atoms with Crippen LogP contribution in [0.3, 0.4) is 0 Å². The number of nitrogens with one attached hydrogen (secondary N) is 2. The predicted molar refractivity (Wildman–Crippen MR) is 94.0 cm³/mol. The van der Waals surface area contributed by atoms with Gasteiger partial charge in [0.05, 0.1) is 17.8 Å². The highest BCUT2D eigenvalue weighted by Gasteiger charge is 2.29. The van der Waals surface area contributed by atoms with Crippen LogP contribution in [-0.4, -0.2) is 22.4 Å². The monoisotopic (exact) mass is 380 g/mol. The maximum atomic E-state index is 12.5. The van der Waals surface area contributed by atoms with Gasteiger partial charge in [-0.3, -0.25) is 4.68 Å². The molecular formula is C17H15F3N4OS. The fraction of sp³-hybridized carbons (Fsp3) is 0.176. The van der Waals surface area contributed by atoms with Crippen molar-refractivity contribution in [3.63, 3.8) is 0 Å². The molecule has 2 aromatic heterocycles. The first-order chi connectivity index (χ1) is 12.4. The summed E-state index contributed by atoms with van der Waals surface area (Å²) in [5, 5.41) is 13.5. The van der Waals surface area contributed by atoms with E-state index in [9.17, 15) is 18.0 Å². The van der Waals surface area contributed by atoms with Gasteiger partial charge in [0.2, 0.25) is 0 Å². The number of alkyl halides is 3. The van der Waals surface area contributed by atoms with Gasteiger partial charge in [-0.1, -0.05) is 0 Å². The largest absolute Gasteiger partial charge is 0.416 e. The van der Waals surface area contributed by atoms with Crippen molar-refractivity contribution in [1.29, 1.82) is 0 Å². The number of rotatable bonds is 5. The van der Waals surface area contributed by atoms with Gasteiger partial charge in [0, 0.05) is 29.4 Å². The molecule has 0 bridgehead atoms. The molecular weight excluding hydrogens is 365 g/mol. The highest BCUT2D eigenvalue weighted by Crippen LogP contribution is 2.29. The third-order valence-electron chi connectivity index (χ3n) is 3.55. The van der Waals surface area contributed by atoms with Crippen LogP contribution in [0.4, 0.5) is 23.7 Å². The molecule has 0 saturated heterocycles. The lowest BCUT2D eigenvalue weighted by atomic mass is 10.2. The molecule has 9 heteroatoms. The first-order valence-electron chi connectivity index (χ1n) is 7.70. The van der Waals surface area contributed by atoms with Crippen molar-refractivity contribution in [2.24, 2.45) is 0 Å². The molecule has 3 aromatic rings. The Morgan fingerprint density at radius 1 is 1.15 bits per heavy atom. The highest BCUT2D eigenvalue weighted by atomic mass is 32.1. The predicted octanol–water partition coefficient (Wildman–Crippen LogP) is 4.45. The molecule has 0 radical (unpaired) electrons. The van der Waals surface area contributed by atoms with Crippen LogP contribution in [0.25, 0.3) is 11.3 Å². The zero-order valence-corrected chi connectivity index (χ0v) is 14.3. The van der Waals surface area contributed by atoms with Crippen LogP contribution in [0.5, 0.6) is 0 Å². The van der Waals surface area contributed by atoms with Crippen LogP contribution in [0.2, 0.25) is 0 Å². The van der Waals surface area contributed by atoms with Crippen LogP contribution in [0.15, 0.2) is 53.4 Å². The van der Waals surface area contributed by atoms with E-state index in [1.807, 2.05) is 29.1 Å². The van der Waals surface area contributed by atoms with Gasteiger partial charge in [0.15, 0.2) is 0 Å². The molecule has 3 rings (SSSR count). The average molecular weight is 380 g/mol. The van der Waals surface area contributed by atoms with E-state index >= 15 is 0 Å². The first kappa shape index (κ1) is 18.0. The van der Waals surface area contributed by atoms with Crippen molar-refractivity contribution in [1.82, 2.24) is 15.1 Å². The minimum absolute atomic E-state index is 0.286. The van der Waals surface area contributed by atoms with Gasteiger partial charge in [-0.25, -0.2) is 4.79 Å². The van der Waals surface area contributed by atoms with Gasteiger partial charge in [0.1, 0.15) is 0 Å². The lowest BCUT2D eigenvalue weighted by Gasteiger charge is -2.10. The molecule has 0 aliphatic carbocycles. The van der Waals surface area contributed by atoms with E-state index in [1.165, 1.54) is 12.1 Å². The number of thiophene rings is 1. The van der Waals surface area contributed by atoms with Crippen molar-refractivity contribution < 1.29 is 18.0 Å². The zero-order chi connectivity index (χ0) is 18.6. The number of hydrogen-bond acceptors (Lipinski definition) is 3. The van der Waals surface area contributed by atoms with Crippen LogP contribution in [0, 0.1) is 0 Å². The molecule has 0 fully saturated rings. The third kappa shape index (κ3) is 4.63. The summed E-state index contributed by atoms with van der Waals surface area (Å²) in [7, 11) is 0. The highest BCUT2D eigenvalue weighted by molar-refractivity contribution is 7.08. The summed E-state index contributed by atoms with van der Waals surface area (Å²) in [6, 6.07) is 7.65.